The van der Waals surface area contributed by atoms with Crippen molar-refractivity contribution >= 4 is 11.8 Å². The van der Waals surface area contributed by atoms with E-state index < -0.39 is 0 Å². The first-order valence-corrected chi connectivity index (χ1v) is 5.93. The summed E-state index contributed by atoms with van der Waals surface area (Å²) in [5.41, 5.74) is 0.402. The number of nitriles is 1. The predicted octanol–water partition coefficient (Wildman–Crippen LogP) is 3.46. The van der Waals surface area contributed by atoms with Crippen molar-refractivity contribution in [1.29, 1.82) is 5.26 Å². The Morgan fingerprint density at radius 2 is 1.92 bits per heavy atom. The molecule has 2 heteroatoms. The lowest BCUT2D eigenvalue weighted by Gasteiger charge is -2.48. The second-order valence-electron chi connectivity index (χ2n) is 5.33. The van der Waals surface area contributed by atoms with Crippen LogP contribution in [0.25, 0.3) is 0 Å². The highest BCUT2D eigenvalue weighted by Gasteiger charge is 2.49. The third kappa shape index (κ3) is 2.64. The molecule has 1 rings (SSSR count). The van der Waals surface area contributed by atoms with E-state index in [0.29, 0.717) is 11.3 Å². The van der Waals surface area contributed by atoms with Crippen molar-refractivity contribution in [2.75, 3.05) is 5.75 Å². The number of rotatable bonds is 3. The van der Waals surface area contributed by atoms with Gasteiger partial charge in [0.25, 0.3) is 0 Å². The summed E-state index contributed by atoms with van der Waals surface area (Å²) >= 11 is 1.86. The monoisotopic (exact) mass is 197 g/mol. The minimum absolute atomic E-state index is 0.0478. The number of nitrogens with zero attached hydrogens (tertiary/aromatic N) is 1. The third-order valence-corrected chi connectivity index (χ3v) is 4.19. The maximum Gasteiger partial charge on any atom is 0.103 e. The normalized spacial score (nSPS) is 23.7. The maximum absolute atomic E-state index is 9.11. The lowest BCUT2D eigenvalue weighted by Crippen LogP contribution is -2.45. The largest absolute Gasteiger partial charge is 0.197 e. The quantitative estimate of drug-likeness (QED) is 0.692. The van der Waals surface area contributed by atoms with Gasteiger partial charge in [-0.25, -0.2) is 0 Å². The number of hydrogen-bond donors (Lipinski definition) is 0. The molecule has 0 amide bonds. The van der Waals surface area contributed by atoms with Gasteiger partial charge in [0.2, 0.25) is 0 Å². The van der Waals surface area contributed by atoms with Crippen LogP contribution in [-0.4, -0.2) is 10.5 Å². The van der Waals surface area contributed by atoms with E-state index in [4.69, 9.17) is 5.26 Å². The van der Waals surface area contributed by atoms with E-state index in [1.807, 2.05) is 11.8 Å². The summed E-state index contributed by atoms with van der Waals surface area (Å²) in [7, 11) is 0. The summed E-state index contributed by atoms with van der Waals surface area (Å²) in [6.45, 7) is 8.92. The molecule has 0 heterocycles. The smallest absolute Gasteiger partial charge is 0.103 e. The summed E-state index contributed by atoms with van der Waals surface area (Å²) in [6, 6.07) is 2.49. The van der Waals surface area contributed by atoms with Crippen LogP contribution in [-0.2, 0) is 0 Å². The fraction of sp³-hybridized carbons (Fsp3) is 0.909. The first-order valence-electron chi connectivity index (χ1n) is 4.94. The van der Waals surface area contributed by atoms with Gasteiger partial charge in [0.1, 0.15) is 4.75 Å². The SMILES string of the molecule is CC(C)CSC1(C#N)CC(C)(C)C1. The van der Waals surface area contributed by atoms with E-state index in [1.165, 1.54) is 0 Å². The molecular weight excluding hydrogens is 178 g/mol. The molecule has 1 aliphatic carbocycles. The highest BCUT2D eigenvalue weighted by atomic mass is 32.2. The minimum atomic E-state index is -0.0478. The average molecular weight is 197 g/mol. The van der Waals surface area contributed by atoms with Gasteiger partial charge < -0.3 is 0 Å². The van der Waals surface area contributed by atoms with Gasteiger partial charge in [-0.3, -0.25) is 0 Å². The molecule has 0 aliphatic heterocycles. The van der Waals surface area contributed by atoms with Crippen LogP contribution in [0.2, 0.25) is 0 Å². The topological polar surface area (TPSA) is 23.8 Å². The Balaban J connectivity index is 2.43. The zero-order valence-corrected chi connectivity index (χ0v) is 9.87. The molecule has 0 atom stereocenters. The van der Waals surface area contributed by atoms with Crippen molar-refractivity contribution in [2.45, 2.75) is 45.3 Å². The van der Waals surface area contributed by atoms with Crippen LogP contribution < -0.4 is 0 Å². The van der Waals surface area contributed by atoms with Gasteiger partial charge in [0, 0.05) is 0 Å². The minimum Gasteiger partial charge on any atom is -0.197 e. The van der Waals surface area contributed by atoms with Gasteiger partial charge in [-0.1, -0.05) is 27.7 Å². The lowest BCUT2D eigenvalue weighted by molar-refractivity contribution is 0.162. The molecule has 1 fully saturated rings. The fourth-order valence-electron chi connectivity index (χ4n) is 2.03. The van der Waals surface area contributed by atoms with Crippen molar-refractivity contribution in [2.24, 2.45) is 11.3 Å². The van der Waals surface area contributed by atoms with Crippen LogP contribution in [0.5, 0.6) is 0 Å². The van der Waals surface area contributed by atoms with E-state index in [1.54, 1.807) is 0 Å². The molecular formula is C11H19NS. The summed E-state index contributed by atoms with van der Waals surface area (Å²) in [5, 5.41) is 9.11. The molecule has 1 aliphatic rings. The van der Waals surface area contributed by atoms with Gasteiger partial charge >= 0.3 is 0 Å². The third-order valence-electron chi connectivity index (χ3n) is 2.42. The Labute approximate surface area is 85.9 Å². The Hall–Kier alpha value is -0.160. The Morgan fingerprint density at radius 1 is 1.38 bits per heavy atom. The van der Waals surface area contributed by atoms with Crippen molar-refractivity contribution < 1.29 is 0 Å². The Morgan fingerprint density at radius 3 is 2.23 bits per heavy atom. The van der Waals surface area contributed by atoms with Crippen LogP contribution in [0.15, 0.2) is 0 Å². The van der Waals surface area contributed by atoms with Crippen LogP contribution in [0.1, 0.15) is 40.5 Å². The van der Waals surface area contributed by atoms with Gasteiger partial charge in [0.05, 0.1) is 6.07 Å². The zero-order chi connectivity index (χ0) is 10.1. The maximum atomic E-state index is 9.11. The summed E-state index contributed by atoms with van der Waals surface area (Å²) in [6.07, 6.45) is 2.13. The molecule has 0 unspecified atom stereocenters. The highest BCUT2D eigenvalue weighted by molar-refractivity contribution is 8.00. The second kappa shape index (κ2) is 3.53. The van der Waals surface area contributed by atoms with E-state index in [0.717, 1.165) is 18.6 Å². The molecule has 13 heavy (non-hydrogen) atoms. The molecule has 74 valence electrons. The summed E-state index contributed by atoms with van der Waals surface area (Å²) in [5.74, 6) is 1.81. The molecule has 1 nitrogen and oxygen atoms in total. The molecule has 0 saturated heterocycles. The first kappa shape index (κ1) is 10.9. The summed E-state index contributed by atoms with van der Waals surface area (Å²) < 4.78 is -0.0478. The molecule has 0 aromatic rings. The molecule has 0 aromatic heterocycles. The van der Waals surface area contributed by atoms with E-state index in [2.05, 4.69) is 33.8 Å². The van der Waals surface area contributed by atoms with Crippen molar-refractivity contribution in [3.63, 3.8) is 0 Å². The summed E-state index contributed by atoms with van der Waals surface area (Å²) in [4.78, 5) is 0. The number of hydrogen-bond acceptors (Lipinski definition) is 2. The standard InChI is InChI=1S/C11H19NS/c1-9(2)5-13-11(8-12)6-10(3,4)7-11/h9H,5-7H2,1-4H3. The molecule has 0 N–H and O–H groups in total. The van der Waals surface area contributed by atoms with Gasteiger partial charge in [-0.15, -0.1) is 11.8 Å². The van der Waals surface area contributed by atoms with Crippen LogP contribution in [0, 0.1) is 22.7 Å². The molecule has 0 bridgehead atoms. The fourth-order valence-corrected chi connectivity index (χ4v) is 3.74. The van der Waals surface area contributed by atoms with Crippen molar-refractivity contribution in [1.82, 2.24) is 0 Å². The highest BCUT2D eigenvalue weighted by Crippen LogP contribution is 2.55. The molecule has 0 aromatic carbocycles. The molecule has 0 radical (unpaired) electrons. The van der Waals surface area contributed by atoms with E-state index in [-0.39, 0.29) is 4.75 Å². The van der Waals surface area contributed by atoms with Crippen molar-refractivity contribution in [3.05, 3.63) is 0 Å². The van der Waals surface area contributed by atoms with Crippen molar-refractivity contribution in [3.8, 4) is 6.07 Å². The van der Waals surface area contributed by atoms with Crippen LogP contribution in [0.4, 0.5) is 0 Å². The first-order chi connectivity index (χ1) is 5.89. The van der Waals surface area contributed by atoms with E-state index >= 15 is 0 Å². The molecule has 1 saturated carbocycles. The Bertz CT molecular complexity index is 217. The van der Waals surface area contributed by atoms with Gasteiger partial charge in [0.15, 0.2) is 0 Å². The Kier molecular flexibility index (Phi) is 2.97. The van der Waals surface area contributed by atoms with Gasteiger partial charge in [-0.2, -0.15) is 5.26 Å². The second-order valence-corrected chi connectivity index (χ2v) is 6.73. The molecule has 0 spiro atoms. The van der Waals surface area contributed by atoms with Crippen LogP contribution >= 0.6 is 11.8 Å². The van der Waals surface area contributed by atoms with Gasteiger partial charge in [-0.05, 0) is 29.9 Å². The number of thioether (sulfide) groups is 1. The van der Waals surface area contributed by atoms with Crippen LogP contribution in [0.3, 0.4) is 0 Å². The lowest BCUT2D eigenvalue weighted by atomic mass is 9.64. The van der Waals surface area contributed by atoms with E-state index in [9.17, 15) is 0 Å². The zero-order valence-electron chi connectivity index (χ0n) is 9.05. The predicted molar refractivity (Wildman–Crippen MR) is 58.7 cm³/mol. The average Bonchev–Trinajstić information content (AvgIpc) is 1.96.